The molecule has 0 amide bonds. The lowest BCUT2D eigenvalue weighted by Crippen LogP contribution is -2.45. The summed E-state index contributed by atoms with van der Waals surface area (Å²) in [5.41, 5.74) is 3.40. The van der Waals surface area contributed by atoms with Crippen LogP contribution in [0.25, 0.3) is 0 Å². The molecule has 1 saturated heterocycles. The van der Waals surface area contributed by atoms with Gasteiger partial charge in [0.15, 0.2) is 5.96 Å². The lowest BCUT2D eigenvalue weighted by Gasteiger charge is -2.24. The van der Waals surface area contributed by atoms with Crippen LogP contribution in [0.5, 0.6) is 0 Å². The van der Waals surface area contributed by atoms with Crippen molar-refractivity contribution in [2.24, 2.45) is 12.0 Å². The zero-order chi connectivity index (χ0) is 15.5. The van der Waals surface area contributed by atoms with Gasteiger partial charge in [0, 0.05) is 45.0 Å². The van der Waals surface area contributed by atoms with E-state index in [2.05, 4.69) is 34.6 Å². The highest BCUT2D eigenvalue weighted by molar-refractivity contribution is 14.0. The average Bonchev–Trinajstić information content (AvgIpc) is 2.98. The topological polar surface area (TPSA) is 63.5 Å². The van der Waals surface area contributed by atoms with Crippen molar-refractivity contribution in [2.75, 3.05) is 20.2 Å². The molecule has 0 spiro atoms. The molecule has 1 fully saturated rings. The van der Waals surface area contributed by atoms with Crippen molar-refractivity contribution in [3.63, 3.8) is 0 Å². The molecule has 0 saturated carbocycles. The Morgan fingerprint density at radius 2 is 2.14 bits per heavy atom. The molecule has 2 rings (SSSR count). The third-order valence-electron chi connectivity index (χ3n) is 4.25. The maximum atomic E-state index is 5.78. The van der Waals surface area contributed by atoms with Gasteiger partial charge >= 0.3 is 0 Å². The van der Waals surface area contributed by atoms with Gasteiger partial charge in [-0.15, -0.1) is 24.0 Å². The maximum Gasteiger partial charge on any atom is 0.191 e. The quantitative estimate of drug-likeness (QED) is 0.443. The number of ether oxygens (including phenoxy) is 1. The summed E-state index contributed by atoms with van der Waals surface area (Å²) in [4.78, 5) is 4.27. The van der Waals surface area contributed by atoms with Crippen LogP contribution in [-0.4, -0.2) is 41.5 Å². The predicted octanol–water partition coefficient (Wildman–Crippen LogP) is 1.89. The summed E-state index contributed by atoms with van der Waals surface area (Å²) >= 11 is 0. The third-order valence-corrected chi connectivity index (χ3v) is 4.25. The molecule has 1 aliphatic rings. The summed E-state index contributed by atoms with van der Waals surface area (Å²) in [6, 6.07) is 0. The molecule has 7 heteroatoms. The Balaban J connectivity index is 0.00000242. The summed E-state index contributed by atoms with van der Waals surface area (Å²) in [5, 5.41) is 11.1. The van der Waals surface area contributed by atoms with Gasteiger partial charge < -0.3 is 15.4 Å². The first kappa shape index (κ1) is 19.2. The van der Waals surface area contributed by atoms with Crippen LogP contribution in [0, 0.1) is 13.8 Å². The van der Waals surface area contributed by atoms with Crippen LogP contribution in [0.3, 0.4) is 0 Å². The van der Waals surface area contributed by atoms with Crippen molar-refractivity contribution in [1.82, 2.24) is 20.4 Å². The van der Waals surface area contributed by atoms with E-state index < -0.39 is 0 Å². The van der Waals surface area contributed by atoms with Gasteiger partial charge in [-0.3, -0.25) is 9.67 Å². The second kappa shape index (κ2) is 8.14. The van der Waals surface area contributed by atoms with Gasteiger partial charge in [-0.25, -0.2) is 0 Å². The molecule has 1 unspecified atom stereocenters. The fraction of sp³-hybridized carbons (Fsp3) is 0.733. The molecule has 22 heavy (non-hydrogen) atoms. The molecule has 0 radical (unpaired) electrons. The molecular formula is C15H28IN5O. The summed E-state index contributed by atoms with van der Waals surface area (Å²) in [6.07, 6.45) is 2.23. The normalized spacial score (nSPS) is 21.6. The fourth-order valence-electron chi connectivity index (χ4n) is 2.71. The summed E-state index contributed by atoms with van der Waals surface area (Å²) in [6.45, 7) is 8.63. The number of nitrogens with one attached hydrogen (secondary N) is 2. The van der Waals surface area contributed by atoms with E-state index in [-0.39, 0.29) is 29.6 Å². The largest absolute Gasteiger partial charge is 0.373 e. The van der Waals surface area contributed by atoms with Crippen molar-refractivity contribution < 1.29 is 4.74 Å². The molecular weight excluding hydrogens is 393 g/mol. The number of aromatic nitrogens is 2. The minimum atomic E-state index is -0.0717. The van der Waals surface area contributed by atoms with Gasteiger partial charge in [-0.2, -0.15) is 5.10 Å². The average molecular weight is 421 g/mol. The minimum absolute atomic E-state index is 0. The molecule has 1 atom stereocenters. The van der Waals surface area contributed by atoms with E-state index in [0.717, 1.165) is 44.2 Å². The Morgan fingerprint density at radius 1 is 1.41 bits per heavy atom. The van der Waals surface area contributed by atoms with Gasteiger partial charge in [-0.1, -0.05) is 0 Å². The van der Waals surface area contributed by atoms with Crippen LogP contribution in [0.2, 0.25) is 0 Å². The Bertz CT molecular complexity index is 520. The molecule has 0 bridgehead atoms. The van der Waals surface area contributed by atoms with Gasteiger partial charge in [0.25, 0.3) is 0 Å². The van der Waals surface area contributed by atoms with E-state index in [1.54, 1.807) is 7.05 Å². The molecule has 126 valence electrons. The summed E-state index contributed by atoms with van der Waals surface area (Å²) in [7, 11) is 3.76. The summed E-state index contributed by atoms with van der Waals surface area (Å²) in [5.74, 6) is 0.800. The standard InChI is InChI=1S/C15H27N5O.HI/c1-11-13(12(2)20(5)19-11)9-17-14(16-4)18-10-15(3)7-6-8-21-15;/h6-10H2,1-5H3,(H2,16,17,18);1H. The van der Waals surface area contributed by atoms with Crippen LogP contribution in [0.15, 0.2) is 4.99 Å². The molecule has 0 aromatic carbocycles. The highest BCUT2D eigenvalue weighted by Gasteiger charge is 2.29. The number of hydrogen-bond donors (Lipinski definition) is 2. The summed E-state index contributed by atoms with van der Waals surface area (Å²) < 4.78 is 7.69. The number of guanidine groups is 1. The monoisotopic (exact) mass is 421 g/mol. The molecule has 6 nitrogen and oxygen atoms in total. The van der Waals surface area contributed by atoms with Crippen LogP contribution in [-0.2, 0) is 18.3 Å². The first-order chi connectivity index (χ1) is 9.95. The zero-order valence-corrected chi connectivity index (χ0v) is 16.5. The zero-order valence-electron chi connectivity index (χ0n) is 14.2. The second-order valence-corrected chi connectivity index (χ2v) is 5.95. The van der Waals surface area contributed by atoms with Crippen LogP contribution >= 0.6 is 24.0 Å². The van der Waals surface area contributed by atoms with Gasteiger partial charge in [-0.05, 0) is 33.6 Å². The van der Waals surface area contributed by atoms with Crippen molar-refractivity contribution in [3.8, 4) is 0 Å². The van der Waals surface area contributed by atoms with E-state index in [4.69, 9.17) is 4.74 Å². The lowest BCUT2D eigenvalue weighted by atomic mass is 10.0. The Kier molecular flexibility index (Phi) is 7.11. The molecule has 1 aromatic heterocycles. The molecule has 1 aromatic rings. The van der Waals surface area contributed by atoms with E-state index in [0.29, 0.717) is 0 Å². The van der Waals surface area contributed by atoms with Crippen molar-refractivity contribution in [1.29, 1.82) is 0 Å². The Morgan fingerprint density at radius 3 is 2.64 bits per heavy atom. The van der Waals surface area contributed by atoms with Gasteiger partial charge in [0.1, 0.15) is 0 Å². The maximum absolute atomic E-state index is 5.78. The second-order valence-electron chi connectivity index (χ2n) is 5.95. The molecule has 0 aliphatic carbocycles. The number of rotatable bonds is 4. The molecule has 2 heterocycles. The number of aliphatic imine (C=N–C) groups is 1. The third kappa shape index (κ3) is 4.58. The number of halogens is 1. The highest BCUT2D eigenvalue weighted by Crippen LogP contribution is 2.23. The molecule has 1 aliphatic heterocycles. The van der Waals surface area contributed by atoms with E-state index >= 15 is 0 Å². The van der Waals surface area contributed by atoms with E-state index in [9.17, 15) is 0 Å². The SMILES string of the molecule is CN=C(NCc1c(C)nn(C)c1C)NCC1(C)CCCO1.I. The lowest BCUT2D eigenvalue weighted by molar-refractivity contribution is 0.0243. The van der Waals surface area contributed by atoms with Crippen molar-refractivity contribution in [2.45, 2.75) is 45.8 Å². The first-order valence-corrected chi connectivity index (χ1v) is 7.53. The molecule has 2 N–H and O–H groups in total. The smallest absolute Gasteiger partial charge is 0.191 e. The van der Waals surface area contributed by atoms with Crippen LogP contribution in [0.4, 0.5) is 0 Å². The Hall–Kier alpha value is -0.830. The van der Waals surface area contributed by atoms with E-state index in [1.807, 2.05) is 18.7 Å². The number of nitrogens with zero attached hydrogens (tertiary/aromatic N) is 3. The Labute approximate surface area is 150 Å². The van der Waals surface area contributed by atoms with Crippen LogP contribution in [0.1, 0.15) is 36.7 Å². The predicted molar refractivity (Wildman–Crippen MR) is 99.9 cm³/mol. The minimum Gasteiger partial charge on any atom is -0.373 e. The van der Waals surface area contributed by atoms with Gasteiger partial charge in [0.2, 0.25) is 0 Å². The number of aryl methyl sites for hydroxylation is 2. The van der Waals surface area contributed by atoms with Crippen molar-refractivity contribution in [3.05, 3.63) is 17.0 Å². The van der Waals surface area contributed by atoms with Crippen LogP contribution < -0.4 is 10.6 Å². The van der Waals surface area contributed by atoms with Gasteiger partial charge in [0.05, 0.1) is 11.3 Å². The van der Waals surface area contributed by atoms with Crippen molar-refractivity contribution >= 4 is 29.9 Å². The van der Waals surface area contributed by atoms with E-state index in [1.165, 1.54) is 11.3 Å². The first-order valence-electron chi connectivity index (χ1n) is 7.53. The highest BCUT2D eigenvalue weighted by atomic mass is 127. The number of hydrogen-bond acceptors (Lipinski definition) is 3. The fourth-order valence-corrected chi connectivity index (χ4v) is 2.71.